The summed E-state index contributed by atoms with van der Waals surface area (Å²) in [6.07, 6.45) is 0.539. The lowest BCUT2D eigenvalue weighted by atomic mass is 10.1. The first-order valence-corrected chi connectivity index (χ1v) is 9.61. The van der Waals surface area contributed by atoms with Gasteiger partial charge in [0.1, 0.15) is 11.6 Å². The van der Waals surface area contributed by atoms with Crippen molar-refractivity contribution in [3.8, 4) is 5.75 Å². The Morgan fingerprint density at radius 3 is 2.71 bits per heavy atom. The molecule has 0 radical (unpaired) electrons. The van der Waals surface area contributed by atoms with Gasteiger partial charge in [-0.05, 0) is 36.8 Å². The second-order valence-electron chi connectivity index (χ2n) is 6.21. The van der Waals surface area contributed by atoms with Crippen LogP contribution in [0.1, 0.15) is 29.5 Å². The number of nitrogens with one attached hydrogen (secondary N) is 1. The zero-order valence-corrected chi connectivity index (χ0v) is 16.2. The van der Waals surface area contributed by atoms with Gasteiger partial charge in [-0.25, -0.2) is 4.98 Å². The van der Waals surface area contributed by atoms with E-state index in [0.29, 0.717) is 34.3 Å². The summed E-state index contributed by atoms with van der Waals surface area (Å²) < 4.78 is 10.9. The molecule has 2 aromatic heterocycles. The third kappa shape index (κ3) is 3.91. The molecular weight excluding hydrogens is 376 g/mol. The molecule has 0 saturated carbocycles. The van der Waals surface area contributed by atoms with E-state index in [0.717, 1.165) is 11.3 Å². The summed E-state index contributed by atoms with van der Waals surface area (Å²) in [5, 5.41) is 9.07. The maximum Gasteiger partial charge on any atom is 0.277 e. The normalized spacial score (nSPS) is 12.2. The molecule has 0 aliphatic rings. The van der Waals surface area contributed by atoms with Gasteiger partial charge in [-0.15, -0.1) is 10.2 Å². The van der Waals surface area contributed by atoms with Gasteiger partial charge in [-0.1, -0.05) is 36.0 Å². The molecule has 0 aliphatic carbocycles. The van der Waals surface area contributed by atoms with Crippen molar-refractivity contribution >= 4 is 22.7 Å². The van der Waals surface area contributed by atoms with E-state index in [4.69, 9.17) is 9.15 Å². The maximum atomic E-state index is 12.2. The van der Waals surface area contributed by atoms with Crippen LogP contribution < -0.4 is 10.3 Å². The number of hydrogen-bond acceptors (Lipinski definition) is 7. The molecular formula is C20H18N4O3S. The van der Waals surface area contributed by atoms with Crippen molar-refractivity contribution in [3.05, 3.63) is 76.2 Å². The van der Waals surface area contributed by atoms with Crippen molar-refractivity contribution < 1.29 is 9.15 Å². The van der Waals surface area contributed by atoms with E-state index in [9.17, 15) is 4.79 Å². The summed E-state index contributed by atoms with van der Waals surface area (Å²) >= 11 is 1.36. The zero-order chi connectivity index (χ0) is 19.5. The molecule has 2 heterocycles. The first-order valence-electron chi connectivity index (χ1n) is 8.73. The number of benzene rings is 2. The molecule has 0 bridgehead atoms. The molecule has 4 rings (SSSR count). The van der Waals surface area contributed by atoms with E-state index in [-0.39, 0.29) is 10.8 Å². The van der Waals surface area contributed by atoms with Crippen LogP contribution in [0.3, 0.4) is 0 Å². The predicted octanol–water partition coefficient (Wildman–Crippen LogP) is 3.76. The molecule has 1 atom stereocenters. The summed E-state index contributed by atoms with van der Waals surface area (Å²) in [6.45, 7) is 1.94. The number of fused-ring (bicyclic) bond motifs is 1. The minimum atomic E-state index is -0.154. The largest absolute Gasteiger partial charge is 0.497 e. The summed E-state index contributed by atoms with van der Waals surface area (Å²) in [7, 11) is 1.63. The third-order valence-corrected chi connectivity index (χ3v) is 5.20. The molecule has 28 heavy (non-hydrogen) atoms. The number of rotatable bonds is 6. The Hall–Kier alpha value is -3.13. The fourth-order valence-corrected chi connectivity index (χ4v) is 3.54. The Balaban J connectivity index is 1.48. The number of H-pyrrole nitrogens is 1. The van der Waals surface area contributed by atoms with Crippen LogP contribution in [0.15, 0.2) is 63.0 Å². The van der Waals surface area contributed by atoms with E-state index in [1.165, 1.54) is 11.8 Å². The smallest absolute Gasteiger partial charge is 0.277 e. The van der Waals surface area contributed by atoms with Gasteiger partial charge in [0.25, 0.3) is 10.8 Å². The van der Waals surface area contributed by atoms with Crippen LogP contribution in [0.25, 0.3) is 10.9 Å². The molecule has 0 saturated heterocycles. The average molecular weight is 394 g/mol. The van der Waals surface area contributed by atoms with Crippen molar-refractivity contribution in [1.82, 2.24) is 20.2 Å². The van der Waals surface area contributed by atoms with Gasteiger partial charge in [0.2, 0.25) is 5.89 Å². The van der Waals surface area contributed by atoms with Crippen molar-refractivity contribution in [2.45, 2.75) is 23.8 Å². The number of thioether (sulfide) groups is 1. The zero-order valence-electron chi connectivity index (χ0n) is 15.4. The molecule has 7 nitrogen and oxygen atoms in total. The highest BCUT2D eigenvalue weighted by atomic mass is 32.2. The Kier molecular flexibility index (Phi) is 5.12. The number of nitrogens with zero attached hydrogens (tertiary/aromatic N) is 3. The molecule has 142 valence electrons. The summed E-state index contributed by atoms with van der Waals surface area (Å²) in [5.74, 6) is 1.90. The van der Waals surface area contributed by atoms with E-state index < -0.39 is 0 Å². The minimum Gasteiger partial charge on any atom is -0.497 e. The SMILES string of the molecule is COc1ccc(Cc2nnc(S[C@@H](C)c3nc4ccccc4c(=O)[nH]3)o2)cc1. The van der Waals surface area contributed by atoms with Crippen LogP contribution in [0, 0.1) is 0 Å². The molecule has 1 N–H and O–H groups in total. The number of ether oxygens (including phenoxy) is 1. The standard InChI is InChI=1S/C20H18N4O3S/c1-12(18-21-16-6-4-3-5-15(16)19(25)22-18)28-20-24-23-17(27-20)11-13-7-9-14(26-2)10-8-13/h3-10,12H,11H2,1-2H3,(H,21,22,25)/t12-/m0/s1. The van der Waals surface area contributed by atoms with Crippen LogP contribution in [-0.4, -0.2) is 27.3 Å². The number of aromatic nitrogens is 4. The highest BCUT2D eigenvalue weighted by Crippen LogP contribution is 2.32. The lowest BCUT2D eigenvalue weighted by molar-refractivity contribution is 0.413. The fourth-order valence-electron chi connectivity index (χ4n) is 2.78. The second kappa shape index (κ2) is 7.85. The summed E-state index contributed by atoms with van der Waals surface area (Å²) in [5.41, 5.74) is 1.56. The second-order valence-corrected chi connectivity index (χ2v) is 7.51. The highest BCUT2D eigenvalue weighted by molar-refractivity contribution is 7.99. The van der Waals surface area contributed by atoms with Gasteiger partial charge in [-0.2, -0.15) is 0 Å². The Labute approximate surface area is 165 Å². The minimum absolute atomic E-state index is 0.147. The van der Waals surface area contributed by atoms with Gasteiger partial charge in [0, 0.05) is 0 Å². The first kappa shape index (κ1) is 18.2. The molecule has 0 amide bonds. The fraction of sp³-hybridized carbons (Fsp3) is 0.200. The van der Waals surface area contributed by atoms with Crippen LogP contribution in [0.2, 0.25) is 0 Å². The van der Waals surface area contributed by atoms with E-state index in [2.05, 4.69) is 20.2 Å². The van der Waals surface area contributed by atoms with E-state index >= 15 is 0 Å². The Morgan fingerprint density at radius 1 is 1.14 bits per heavy atom. The summed E-state index contributed by atoms with van der Waals surface area (Å²) in [4.78, 5) is 19.6. The van der Waals surface area contributed by atoms with Crippen molar-refractivity contribution in [3.63, 3.8) is 0 Å². The Bertz CT molecular complexity index is 1150. The highest BCUT2D eigenvalue weighted by Gasteiger charge is 2.16. The van der Waals surface area contributed by atoms with Crippen LogP contribution in [-0.2, 0) is 6.42 Å². The van der Waals surface area contributed by atoms with Crippen molar-refractivity contribution in [2.75, 3.05) is 7.11 Å². The van der Waals surface area contributed by atoms with E-state index in [1.54, 1.807) is 13.2 Å². The number of methoxy groups -OCH3 is 1. The van der Waals surface area contributed by atoms with Gasteiger partial charge >= 0.3 is 0 Å². The number of hydrogen-bond donors (Lipinski definition) is 1. The molecule has 0 spiro atoms. The Morgan fingerprint density at radius 2 is 1.93 bits per heavy atom. The number of aromatic amines is 1. The molecule has 0 unspecified atom stereocenters. The summed E-state index contributed by atoms with van der Waals surface area (Å²) in [6, 6.07) is 15.0. The molecule has 4 aromatic rings. The lowest BCUT2D eigenvalue weighted by Crippen LogP contribution is -2.12. The maximum absolute atomic E-state index is 12.2. The molecule has 8 heteroatoms. The predicted molar refractivity (Wildman–Crippen MR) is 107 cm³/mol. The monoisotopic (exact) mass is 394 g/mol. The van der Waals surface area contributed by atoms with Gasteiger partial charge in [-0.3, -0.25) is 4.79 Å². The molecule has 0 aliphatic heterocycles. The van der Waals surface area contributed by atoms with E-state index in [1.807, 2.05) is 49.4 Å². The topological polar surface area (TPSA) is 93.9 Å². The van der Waals surface area contributed by atoms with Crippen LogP contribution in [0.5, 0.6) is 5.75 Å². The lowest BCUT2D eigenvalue weighted by Gasteiger charge is -2.08. The van der Waals surface area contributed by atoms with Gasteiger partial charge < -0.3 is 14.1 Å². The number of para-hydroxylation sites is 1. The van der Waals surface area contributed by atoms with Gasteiger partial charge in [0.15, 0.2) is 0 Å². The third-order valence-electron chi connectivity index (χ3n) is 4.26. The van der Waals surface area contributed by atoms with Crippen LogP contribution in [0.4, 0.5) is 0 Å². The van der Waals surface area contributed by atoms with Crippen molar-refractivity contribution in [2.24, 2.45) is 0 Å². The van der Waals surface area contributed by atoms with Crippen LogP contribution >= 0.6 is 11.8 Å². The quantitative estimate of drug-likeness (QED) is 0.498. The van der Waals surface area contributed by atoms with Crippen molar-refractivity contribution in [1.29, 1.82) is 0 Å². The molecule has 0 fully saturated rings. The van der Waals surface area contributed by atoms with Gasteiger partial charge in [0.05, 0.1) is 29.7 Å². The average Bonchev–Trinajstić information content (AvgIpc) is 3.15. The first-order chi connectivity index (χ1) is 13.6. The molecule has 2 aromatic carbocycles.